The predicted octanol–water partition coefficient (Wildman–Crippen LogP) is 4.10. The minimum Gasteiger partial charge on any atom is -0.459 e. The Morgan fingerprint density at radius 2 is 1.77 bits per heavy atom. The van der Waals surface area contributed by atoms with Crippen molar-refractivity contribution in [3.05, 3.63) is 28.2 Å². The van der Waals surface area contributed by atoms with Gasteiger partial charge in [-0.3, -0.25) is 4.79 Å². The summed E-state index contributed by atoms with van der Waals surface area (Å²) >= 11 is 2.85. The van der Waals surface area contributed by atoms with Gasteiger partial charge in [0.05, 0.1) is 4.47 Å². The highest BCUT2D eigenvalue weighted by Crippen LogP contribution is 2.28. The average Bonchev–Trinajstić information content (AvgIpc) is 2.45. The molecule has 0 fully saturated rings. The Kier molecular flexibility index (Phi) is 7.34. The highest BCUT2D eigenvalue weighted by molar-refractivity contribution is 9.10. The zero-order chi connectivity index (χ0) is 20.4. The van der Waals surface area contributed by atoms with E-state index in [-0.39, 0.29) is 16.8 Å². The van der Waals surface area contributed by atoms with Crippen LogP contribution >= 0.6 is 15.9 Å². The maximum atomic E-state index is 14.1. The highest BCUT2D eigenvalue weighted by Gasteiger charge is 2.37. The predicted molar refractivity (Wildman–Crippen MR) is 98.1 cm³/mol. The molecule has 1 aromatic carbocycles. The molecule has 0 bridgehead atoms. The van der Waals surface area contributed by atoms with E-state index < -0.39 is 44.2 Å². The van der Waals surface area contributed by atoms with Gasteiger partial charge in [-0.15, -0.1) is 0 Å². The molecule has 5 nitrogen and oxygen atoms in total. The number of rotatable bonds is 6. The number of carbonyl (C=O) groups is 1. The molecule has 0 aromatic heterocycles. The Balaban J connectivity index is 3.34. The number of likely N-dealkylation sites (N-methyl/N-ethyl adjacent to an activating group) is 1. The molecule has 26 heavy (non-hydrogen) atoms. The molecule has 1 aromatic rings. The van der Waals surface area contributed by atoms with Crippen LogP contribution < -0.4 is 0 Å². The van der Waals surface area contributed by atoms with E-state index in [4.69, 9.17) is 4.74 Å². The van der Waals surface area contributed by atoms with Crippen molar-refractivity contribution in [3.63, 3.8) is 0 Å². The molecule has 1 rings (SSSR count). The molecule has 0 aliphatic heterocycles. The average molecular weight is 456 g/mol. The van der Waals surface area contributed by atoms with Gasteiger partial charge in [0, 0.05) is 13.1 Å². The second kappa shape index (κ2) is 8.31. The van der Waals surface area contributed by atoms with Crippen LogP contribution in [0.1, 0.15) is 41.0 Å². The molecule has 0 amide bonds. The summed E-state index contributed by atoms with van der Waals surface area (Å²) in [6.45, 7) is 8.66. The maximum absolute atomic E-state index is 14.1. The third-order valence-electron chi connectivity index (χ3n) is 3.44. The van der Waals surface area contributed by atoms with Crippen molar-refractivity contribution >= 4 is 31.9 Å². The van der Waals surface area contributed by atoms with Crippen LogP contribution in [-0.4, -0.2) is 37.4 Å². The number of sulfonamides is 1. The van der Waals surface area contributed by atoms with E-state index in [1.807, 2.05) is 13.8 Å². The number of nitrogens with zero attached hydrogens (tertiary/aromatic N) is 1. The van der Waals surface area contributed by atoms with Gasteiger partial charge >= 0.3 is 5.97 Å². The van der Waals surface area contributed by atoms with Crippen LogP contribution in [0.3, 0.4) is 0 Å². The quantitative estimate of drug-likeness (QED) is 0.478. The molecule has 0 saturated heterocycles. The molecule has 0 N–H and O–H groups in total. The van der Waals surface area contributed by atoms with E-state index in [1.54, 1.807) is 20.8 Å². The molecule has 1 atom stereocenters. The van der Waals surface area contributed by atoms with Crippen LogP contribution in [0.4, 0.5) is 8.78 Å². The fraction of sp³-hybridized carbons (Fsp3) is 0.588. The molecule has 0 saturated carbocycles. The van der Waals surface area contributed by atoms with Crippen molar-refractivity contribution in [3.8, 4) is 0 Å². The van der Waals surface area contributed by atoms with Gasteiger partial charge < -0.3 is 4.74 Å². The molecule has 148 valence electrons. The maximum Gasteiger partial charge on any atom is 0.324 e. The first-order valence-corrected chi connectivity index (χ1v) is 10.3. The Morgan fingerprint density at radius 1 is 1.23 bits per heavy atom. The van der Waals surface area contributed by atoms with Gasteiger partial charge in [0.2, 0.25) is 10.0 Å². The highest BCUT2D eigenvalue weighted by atomic mass is 79.9. The van der Waals surface area contributed by atoms with Crippen molar-refractivity contribution in [1.82, 2.24) is 4.31 Å². The summed E-state index contributed by atoms with van der Waals surface area (Å²) in [5, 5.41) is 0. The van der Waals surface area contributed by atoms with Crippen LogP contribution in [0.5, 0.6) is 0 Å². The van der Waals surface area contributed by atoms with E-state index in [1.165, 1.54) is 7.05 Å². The normalized spacial score (nSPS) is 14.0. The lowest BCUT2D eigenvalue weighted by molar-refractivity contribution is -0.159. The SMILES string of the molecule is CC(C)CC(C(=O)OC(C)(C)C)N(C)S(=O)(=O)c1cc(Br)c(F)cc1F. The lowest BCUT2D eigenvalue weighted by Crippen LogP contribution is -2.46. The van der Waals surface area contributed by atoms with Gasteiger partial charge in [-0.05, 0) is 55.1 Å². The van der Waals surface area contributed by atoms with E-state index in [9.17, 15) is 22.0 Å². The Morgan fingerprint density at radius 3 is 2.23 bits per heavy atom. The van der Waals surface area contributed by atoms with Crippen LogP contribution in [0.15, 0.2) is 21.5 Å². The molecule has 0 radical (unpaired) electrons. The van der Waals surface area contributed by atoms with Gasteiger partial charge in [0.15, 0.2) is 0 Å². The van der Waals surface area contributed by atoms with Gasteiger partial charge in [-0.1, -0.05) is 13.8 Å². The third kappa shape index (κ3) is 5.72. The van der Waals surface area contributed by atoms with Crippen LogP contribution in [-0.2, 0) is 19.6 Å². The minimum absolute atomic E-state index is 0.0185. The van der Waals surface area contributed by atoms with Crippen LogP contribution in [0, 0.1) is 17.6 Å². The second-order valence-electron chi connectivity index (χ2n) is 7.40. The summed E-state index contributed by atoms with van der Waals surface area (Å²) in [6, 6.07) is 0.191. The standard InChI is InChI=1S/C17H24BrF2NO4S/c1-10(2)7-14(16(22)25-17(3,4)5)21(6)26(23,24)15-8-11(18)12(19)9-13(15)20/h8-10,14H,7H2,1-6H3. The number of hydrogen-bond donors (Lipinski definition) is 0. The zero-order valence-electron chi connectivity index (χ0n) is 15.6. The monoisotopic (exact) mass is 455 g/mol. The van der Waals surface area contributed by atoms with E-state index in [2.05, 4.69) is 15.9 Å². The fourth-order valence-corrected chi connectivity index (χ4v) is 4.12. The summed E-state index contributed by atoms with van der Waals surface area (Å²) in [7, 11) is -3.21. The zero-order valence-corrected chi connectivity index (χ0v) is 18.0. The molecular formula is C17H24BrF2NO4S. The number of hydrogen-bond acceptors (Lipinski definition) is 4. The molecule has 0 heterocycles. The minimum atomic E-state index is -4.39. The van der Waals surface area contributed by atoms with Crippen molar-refractivity contribution < 1.29 is 26.7 Å². The number of esters is 1. The second-order valence-corrected chi connectivity index (χ2v) is 10.2. The first kappa shape index (κ1) is 23.0. The lowest BCUT2D eigenvalue weighted by atomic mass is 10.0. The molecule has 0 aliphatic rings. The number of ether oxygens (including phenoxy) is 1. The summed E-state index contributed by atoms with van der Waals surface area (Å²) in [5.74, 6) is -2.89. The van der Waals surface area contributed by atoms with Crippen molar-refractivity contribution in [2.75, 3.05) is 7.05 Å². The summed E-state index contributed by atoms with van der Waals surface area (Å²) in [5.41, 5.74) is -0.804. The van der Waals surface area contributed by atoms with E-state index >= 15 is 0 Å². The largest absolute Gasteiger partial charge is 0.459 e. The summed E-state index contributed by atoms with van der Waals surface area (Å²) in [6.07, 6.45) is 0.189. The summed E-state index contributed by atoms with van der Waals surface area (Å²) < 4.78 is 59.1. The Hall–Kier alpha value is -1.06. The van der Waals surface area contributed by atoms with Crippen molar-refractivity contribution in [2.45, 2.75) is 57.6 Å². The van der Waals surface area contributed by atoms with Crippen molar-refractivity contribution in [2.24, 2.45) is 5.92 Å². The fourth-order valence-electron chi connectivity index (χ4n) is 2.23. The molecule has 0 spiro atoms. The van der Waals surface area contributed by atoms with Gasteiger partial charge in [0.25, 0.3) is 0 Å². The molecule has 0 aliphatic carbocycles. The molecular weight excluding hydrogens is 432 g/mol. The first-order valence-electron chi connectivity index (χ1n) is 8.02. The molecule has 1 unspecified atom stereocenters. The van der Waals surface area contributed by atoms with E-state index in [0.717, 1.165) is 10.4 Å². The number of halogens is 3. The Bertz CT molecular complexity index is 776. The van der Waals surface area contributed by atoms with Gasteiger partial charge in [0.1, 0.15) is 28.2 Å². The van der Waals surface area contributed by atoms with Crippen molar-refractivity contribution in [1.29, 1.82) is 0 Å². The molecule has 9 heteroatoms. The topological polar surface area (TPSA) is 63.7 Å². The third-order valence-corrected chi connectivity index (χ3v) is 5.93. The smallest absolute Gasteiger partial charge is 0.324 e. The van der Waals surface area contributed by atoms with Crippen LogP contribution in [0.25, 0.3) is 0 Å². The number of benzene rings is 1. The van der Waals surface area contributed by atoms with Gasteiger partial charge in [-0.25, -0.2) is 17.2 Å². The van der Waals surface area contributed by atoms with Gasteiger partial charge in [-0.2, -0.15) is 4.31 Å². The summed E-state index contributed by atoms with van der Waals surface area (Å²) in [4.78, 5) is 11.8. The number of carbonyl (C=O) groups excluding carboxylic acids is 1. The Labute approximate surface area is 161 Å². The van der Waals surface area contributed by atoms with E-state index in [0.29, 0.717) is 6.07 Å². The first-order chi connectivity index (χ1) is 11.7. The lowest BCUT2D eigenvalue weighted by Gasteiger charge is -2.30. The van der Waals surface area contributed by atoms with Crippen LogP contribution in [0.2, 0.25) is 0 Å².